The van der Waals surface area contributed by atoms with E-state index in [0.29, 0.717) is 0 Å². The Bertz CT molecular complexity index is 593. The van der Waals surface area contributed by atoms with E-state index in [0.717, 1.165) is 24.1 Å². The second-order valence-electron chi connectivity index (χ2n) is 5.95. The number of hydrogen-bond donors (Lipinski definition) is 1. The average Bonchev–Trinajstić information content (AvgIpc) is 2.74. The van der Waals surface area contributed by atoms with Crippen LogP contribution in [-0.2, 0) is 12.0 Å². The maximum Gasteiger partial charge on any atom is 0.119 e. The molecule has 0 heterocycles. The summed E-state index contributed by atoms with van der Waals surface area (Å²) in [6, 6.07) is 18.3. The second kappa shape index (κ2) is 5.04. The van der Waals surface area contributed by atoms with Crippen LogP contribution in [-0.4, -0.2) is 30.6 Å². The molecule has 2 unspecified atom stereocenters. The van der Waals surface area contributed by atoms with Crippen LogP contribution >= 0.6 is 0 Å². The molecule has 0 saturated carbocycles. The van der Waals surface area contributed by atoms with Crippen LogP contribution in [0.5, 0.6) is 0 Å². The molecule has 0 amide bonds. The first kappa shape index (κ1) is 13.3. The molecule has 0 bridgehead atoms. The van der Waals surface area contributed by atoms with Crippen LogP contribution in [0.4, 0.5) is 0 Å². The Balaban J connectivity index is 2.12. The van der Waals surface area contributed by atoms with Gasteiger partial charge in [-0.1, -0.05) is 54.6 Å². The number of nitrogens with zero attached hydrogens (tertiary/aromatic N) is 1. The van der Waals surface area contributed by atoms with Gasteiger partial charge in [0.2, 0.25) is 0 Å². The molecule has 1 N–H and O–H groups in total. The Morgan fingerprint density at radius 3 is 2.40 bits per heavy atom. The van der Waals surface area contributed by atoms with E-state index in [-0.39, 0.29) is 5.92 Å². The second-order valence-corrected chi connectivity index (χ2v) is 5.95. The van der Waals surface area contributed by atoms with Crippen molar-refractivity contribution in [2.24, 2.45) is 5.92 Å². The molecule has 1 aliphatic carbocycles. The smallest absolute Gasteiger partial charge is 0.119 e. The van der Waals surface area contributed by atoms with Gasteiger partial charge in [0.1, 0.15) is 5.60 Å². The first-order valence-electron chi connectivity index (χ1n) is 7.13. The largest absolute Gasteiger partial charge is 0.380 e. The highest BCUT2D eigenvalue weighted by Gasteiger charge is 2.46. The SMILES string of the molecule is CN(C)CC1Cc2ccccc2C1(O)c1ccccc1. The van der Waals surface area contributed by atoms with Gasteiger partial charge in [0.25, 0.3) is 0 Å². The van der Waals surface area contributed by atoms with Crippen LogP contribution < -0.4 is 0 Å². The van der Waals surface area contributed by atoms with Gasteiger partial charge in [-0.3, -0.25) is 0 Å². The topological polar surface area (TPSA) is 23.5 Å². The van der Waals surface area contributed by atoms with E-state index >= 15 is 0 Å². The fourth-order valence-electron chi connectivity index (χ4n) is 3.42. The zero-order valence-electron chi connectivity index (χ0n) is 12.1. The van der Waals surface area contributed by atoms with E-state index in [9.17, 15) is 5.11 Å². The summed E-state index contributed by atoms with van der Waals surface area (Å²) in [6.07, 6.45) is 0.930. The number of hydrogen-bond acceptors (Lipinski definition) is 2. The molecule has 1 aliphatic rings. The summed E-state index contributed by atoms with van der Waals surface area (Å²) in [6.45, 7) is 0.875. The zero-order chi connectivity index (χ0) is 14.2. The first-order valence-corrected chi connectivity index (χ1v) is 7.13. The Morgan fingerprint density at radius 1 is 1.05 bits per heavy atom. The Labute approximate surface area is 120 Å². The van der Waals surface area contributed by atoms with Crippen molar-refractivity contribution in [2.75, 3.05) is 20.6 Å². The monoisotopic (exact) mass is 267 g/mol. The lowest BCUT2D eigenvalue weighted by molar-refractivity contribution is 0.0190. The third-order valence-corrected chi connectivity index (χ3v) is 4.28. The molecule has 0 saturated heterocycles. The van der Waals surface area contributed by atoms with E-state index in [1.165, 1.54) is 5.56 Å². The molecule has 2 aromatic rings. The minimum Gasteiger partial charge on any atom is -0.380 e. The van der Waals surface area contributed by atoms with Crippen molar-refractivity contribution in [1.82, 2.24) is 4.90 Å². The molecule has 0 spiro atoms. The molecule has 0 aliphatic heterocycles. The predicted octanol–water partition coefficient (Wildman–Crippen LogP) is 2.66. The highest BCUT2D eigenvalue weighted by Crippen LogP contribution is 2.46. The van der Waals surface area contributed by atoms with Crippen LogP contribution in [0.1, 0.15) is 16.7 Å². The van der Waals surface area contributed by atoms with Crippen LogP contribution in [0, 0.1) is 5.92 Å². The minimum atomic E-state index is -0.873. The van der Waals surface area contributed by atoms with Crippen molar-refractivity contribution in [3.63, 3.8) is 0 Å². The van der Waals surface area contributed by atoms with Crippen molar-refractivity contribution < 1.29 is 5.11 Å². The van der Waals surface area contributed by atoms with E-state index in [4.69, 9.17) is 0 Å². The normalized spacial score (nSPS) is 24.9. The summed E-state index contributed by atoms with van der Waals surface area (Å²) < 4.78 is 0. The molecular weight excluding hydrogens is 246 g/mol. The van der Waals surface area contributed by atoms with Gasteiger partial charge in [0, 0.05) is 12.5 Å². The number of rotatable bonds is 3. The molecule has 2 nitrogen and oxygen atoms in total. The lowest BCUT2D eigenvalue weighted by Gasteiger charge is -2.33. The van der Waals surface area contributed by atoms with Gasteiger partial charge in [-0.05, 0) is 37.2 Å². The Morgan fingerprint density at radius 2 is 1.70 bits per heavy atom. The van der Waals surface area contributed by atoms with Crippen molar-refractivity contribution in [3.8, 4) is 0 Å². The van der Waals surface area contributed by atoms with Crippen molar-refractivity contribution in [1.29, 1.82) is 0 Å². The van der Waals surface area contributed by atoms with Crippen molar-refractivity contribution >= 4 is 0 Å². The number of fused-ring (bicyclic) bond motifs is 1. The maximum absolute atomic E-state index is 11.5. The zero-order valence-corrected chi connectivity index (χ0v) is 12.1. The molecular formula is C18H21NO. The molecule has 104 valence electrons. The molecule has 2 atom stereocenters. The summed E-state index contributed by atoms with van der Waals surface area (Å²) in [7, 11) is 4.13. The number of aliphatic hydroxyl groups is 1. The van der Waals surface area contributed by atoms with E-state index in [1.54, 1.807) is 0 Å². The van der Waals surface area contributed by atoms with Crippen LogP contribution in [0.3, 0.4) is 0 Å². The van der Waals surface area contributed by atoms with Gasteiger partial charge in [-0.25, -0.2) is 0 Å². The fourth-order valence-corrected chi connectivity index (χ4v) is 3.42. The van der Waals surface area contributed by atoms with Crippen molar-refractivity contribution in [2.45, 2.75) is 12.0 Å². The van der Waals surface area contributed by atoms with Gasteiger partial charge >= 0.3 is 0 Å². The maximum atomic E-state index is 11.5. The summed E-state index contributed by atoms with van der Waals surface area (Å²) in [5, 5.41) is 11.5. The molecule has 0 radical (unpaired) electrons. The van der Waals surface area contributed by atoms with Gasteiger partial charge in [0.05, 0.1) is 0 Å². The van der Waals surface area contributed by atoms with Gasteiger partial charge in [-0.15, -0.1) is 0 Å². The van der Waals surface area contributed by atoms with Crippen LogP contribution in [0.25, 0.3) is 0 Å². The standard InChI is InChI=1S/C18H21NO/c1-19(2)13-16-12-14-8-6-7-11-17(14)18(16,20)15-9-4-3-5-10-15/h3-11,16,20H,12-13H2,1-2H3. The number of benzene rings is 2. The fraction of sp³-hybridized carbons (Fsp3) is 0.333. The molecule has 2 aromatic carbocycles. The Hall–Kier alpha value is -1.64. The van der Waals surface area contributed by atoms with Gasteiger partial charge in [0.15, 0.2) is 0 Å². The van der Waals surface area contributed by atoms with Crippen LogP contribution in [0.2, 0.25) is 0 Å². The lowest BCUT2D eigenvalue weighted by atomic mass is 9.80. The van der Waals surface area contributed by atoms with Crippen molar-refractivity contribution in [3.05, 3.63) is 71.3 Å². The molecule has 2 heteroatoms. The highest BCUT2D eigenvalue weighted by atomic mass is 16.3. The third-order valence-electron chi connectivity index (χ3n) is 4.28. The quantitative estimate of drug-likeness (QED) is 0.924. The van der Waals surface area contributed by atoms with Gasteiger partial charge in [-0.2, -0.15) is 0 Å². The average molecular weight is 267 g/mol. The van der Waals surface area contributed by atoms with E-state index < -0.39 is 5.60 Å². The predicted molar refractivity (Wildman–Crippen MR) is 81.6 cm³/mol. The highest BCUT2D eigenvalue weighted by molar-refractivity contribution is 5.46. The third kappa shape index (κ3) is 2.05. The minimum absolute atomic E-state index is 0.192. The molecule has 3 rings (SSSR count). The van der Waals surface area contributed by atoms with E-state index in [2.05, 4.69) is 37.2 Å². The summed E-state index contributed by atoms with van der Waals surface area (Å²) in [5.41, 5.74) is 2.46. The summed E-state index contributed by atoms with van der Waals surface area (Å²) >= 11 is 0. The van der Waals surface area contributed by atoms with Crippen LogP contribution in [0.15, 0.2) is 54.6 Å². The molecule has 20 heavy (non-hydrogen) atoms. The molecule has 0 fully saturated rings. The first-order chi connectivity index (χ1) is 9.62. The summed E-state index contributed by atoms with van der Waals surface area (Å²) in [5.74, 6) is 0.192. The van der Waals surface area contributed by atoms with E-state index in [1.807, 2.05) is 36.4 Å². The lowest BCUT2D eigenvalue weighted by Crippen LogP contribution is -2.38. The Kier molecular flexibility index (Phi) is 3.36. The molecule has 0 aromatic heterocycles. The summed E-state index contributed by atoms with van der Waals surface area (Å²) in [4.78, 5) is 2.16. The van der Waals surface area contributed by atoms with Gasteiger partial charge < -0.3 is 10.0 Å².